The molecule has 86 valence electrons. The van der Waals surface area contributed by atoms with Crippen LogP contribution in [0.1, 0.15) is 12.0 Å². The van der Waals surface area contributed by atoms with Gasteiger partial charge in [0.15, 0.2) is 0 Å². The SMILES string of the molecule is Cc1ccc(NCC2=CCCOC2)c(Cl)c1. The maximum atomic E-state index is 6.13. The number of anilines is 1. The first-order chi connectivity index (χ1) is 7.75. The highest BCUT2D eigenvalue weighted by Gasteiger charge is 2.05. The molecular formula is C13H16ClNO. The van der Waals surface area contributed by atoms with E-state index in [1.165, 1.54) is 11.1 Å². The van der Waals surface area contributed by atoms with E-state index in [1.807, 2.05) is 19.1 Å². The Hall–Kier alpha value is -0.990. The van der Waals surface area contributed by atoms with Crippen molar-refractivity contribution in [2.45, 2.75) is 13.3 Å². The molecule has 0 fully saturated rings. The molecule has 0 atom stereocenters. The van der Waals surface area contributed by atoms with Gasteiger partial charge in [0, 0.05) is 6.54 Å². The molecule has 2 rings (SSSR count). The van der Waals surface area contributed by atoms with Crippen LogP contribution in [0.25, 0.3) is 0 Å². The molecule has 0 aromatic heterocycles. The van der Waals surface area contributed by atoms with E-state index in [2.05, 4.69) is 17.5 Å². The number of hydrogen-bond donors (Lipinski definition) is 1. The van der Waals surface area contributed by atoms with Gasteiger partial charge >= 0.3 is 0 Å². The lowest BCUT2D eigenvalue weighted by molar-refractivity contribution is 0.150. The molecule has 0 saturated carbocycles. The van der Waals surface area contributed by atoms with Crippen LogP contribution in [-0.2, 0) is 4.74 Å². The summed E-state index contributed by atoms with van der Waals surface area (Å²) in [4.78, 5) is 0. The molecular weight excluding hydrogens is 222 g/mol. The fourth-order valence-electron chi connectivity index (χ4n) is 1.70. The quantitative estimate of drug-likeness (QED) is 0.814. The van der Waals surface area contributed by atoms with Gasteiger partial charge in [0.1, 0.15) is 0 Å². The Bertz CT molecular complexity index is 401. The second-order valence-electron chi connectivity index (χ2n) is 4.04. The minimum atomic E-state index is 0.733. The third-order valence-electron chi connectivity index (χ3n) is 2.61. The maximum Gasteiger partial charge on any atom is 0.0693 e. The van der Waals surface area contributed by atoms with Crippen LogP contribution in [0.5, 0.6) is 0 Å². The number of halogens is 1. The topological polar surface area (TPSA) is 21.3 Å². The van der Waals surface area contributed by atoms with Crippen LogP contribution in [0, 0.1) is 6.92 Å². The Kier molecular flexibility index (Phi) is 3.86. The molecule has 1 N–H and O–H groups in total. The lowest BCUT2D eigenvalue weighted by Gasteiger charge is -2.15. The first kappa shape index (κ1) is 11.5. The van der Waals surface area contributed by atoms with Gasteiger partial charge in [0.25, 0.3) is 0 Å². The molecule has 1 aromatic rings. The van der Waals surface area contributed by atoms with Crippen LogP contribution in [0.4, 0.5) is 5.69 Å². The summed E-state index contributed by atoms with van der Waals surface area (Å²) in [6.45, 7) is 4.42. The molecule has 1 aliphatic heterocycles. The molecule has 0 radical (unpaired) electrons. The van der Waals surface area contributed by atoms with Crippen molar-refractivity contribution in [2.24, 2.45) is 0 Å². The first-order valence-corrected chi connectivity index (χ1v) is 5.89. The fraction of sp³-hybridized carbons (Fsp3) is 0.385. The Morgan fingerprint density at radius 1 is 1.44 bits per heavy atom. The van der Waals surface area contributed by atoms with Gasteiger partial charge in [0.05, 0.1) is 23.9 Å². The van der Waals surface area contributed by atoms with E-state index >= 15 is 0 Å². The van der Waals surface area contributed by atoms with Crippen LogP contribution in [0.3, 0.4) is 0 Å². The average molecular weight is 238 g/mol. The highest BCUT2D eigenvalue weighted by Crippen LogP contribution is 2.23. The van der Waals surface area contributed by atoms with E-state index in [9.17, 15) is 0 Å². The van der Waals surface area contributed by atoms with Gasteiger partial charge in [-0.05, 0) is 36.6 Å². The minimum absolute atomic E-state index is 0.733. The molecule has 0 amide bonds. The van der Waals surface area contributed by atoms with Crippen LogP contribution in [-0.4, -0.2) is 19.8 Å². The zero-order valence-corrected chi connectivity index (χ0v) is 10.2. The third kappa shape index (κ3) is 3.00. The van der Waals surface area contributed by atoms with Gasteiger partial charge in [0.2, 0.25) is 0 Å². The van der Waals surface area contributed by atoms with E-state index in [4.69, 9.17) is 16.3 Å². The van der Waals surface area contributed by atoms with Gasteiger partial charge in [-0.25, -0.2) is 0 Å². The van der Waals surface area contributed by atoms with Crippen LogP contribution in [0.15, 0.2) is 29.8 Å². The van der Waals surface area contributed by atoms with Crippen LogP contribution >= 0.6 is 11.6 Å². The molecule has 0 spiro atoms. The molecule has 1 heterocycles. The number of rotatable bonds is 3. The third-order valence-corrected chi connectivity index (χ3v) is 2.93. The summed E-state index contributed by atoms with van der Waals surface area (Å²) in [7, 11) is 0. The van der Waals surface area contributed by atoms with E-state index in [-0.39, 0.29) is 0 Å². The summed E-state index contributed by atoms with van der Waals surface area (Å²) in [5.41, 5.74) is 3.46. The number of benzene rings is 1. The highest BCUT2D eigenvalue weighted by molar-refractivity contribution is 6.33. The molecule has 1 aliphatic rings. The van der Waals surface area contributed by atoms with Crippen molar-refractivity contribution >= 4 is 17.3 Å². The Balaban J connectivity index is 1.96. The lowest BCUT2D eigenvalue weighted by Crippen LogP contribution is -2.14. The summed E-state index contributed by atoms with van der Waals surface area (Å²) < 4.78 is 5.38. The maximum absolute atomic E-state index is 6.13. The van der Waals surface area contributed by atoms with E-state index < -0.39 is 0 Å². The van der Waals surface area contributed by atoms with Crippen molar-refractivity contribution in [3.8, 4) is 0 Å². The van der Waals surface area contributed by atoms with Gasteiger partial charge in [-0.1, -0.05) is 23.7 Å². The molecule has 3 heteroatoms. The number of ether oxygens (including phenoxy) is 1. The number of nitrogens with one attached hydrogen (secondary N) is 1. The average Bonchev–Trinajstić information content (AvgIpc) is 2.29. The fourth-order valence-corrected chi connectivity index (χ4v) is 2.01. The smallest absolute Gasteiger partial charge is 0.0693 e. The van der Waals surface area contributed by atoms with Crippen molar-refractivity contribution in [3.63, 3.8) is 0 Å². The van der Waals surface area contributed by atoms with Crippen molar-refractivity contribution in [1.29, 1.82) is 0 Å². The zero-order valence-electron chi connectivity index (χ0n) is 9.42. The van der Waals surface area contributed by atoms with Crippen molar-refractivity contribution in [3.05, 3.63) is 40.4 Å². The largest absolute Gasteiger partial charge is 0.380 e. The predicted octanol–water partition coefficient (Wildman–Crippen LogP) is 3.41. The molecule has 1 aromatic carbocycles. The second-order valence-corrected chi connectivity index (χ2v) is 4.45. The highest BCUT2D eigenvalue weighted by atomic mass is 35.5. The van der Waals surface area contributed by atoms with E-state index in [0.717, 1.165) is 36.9 Å². The lowest BCUT2D eigenvalue weighted by atomic mass is 10.2. The second kappa shape index (κ2) is 5.37. The summed E-state index contributed by atoms with van der Waals surface area (Å²) in [6.07, 6.45) is 3.25. The zero-order chi connectivity index (χ0) is 11.4. The minimum Gasteiger partial charge on any atom is -0.380 e. The van der Waals surface area contributed by atoms with Gasteiger partial charge in [-0.3, -0.25) is 0 Å². The van der Waals surface area contributed by atoms with Gasteiger partial charge in [-0.15, -0.1) is 0 Å². The van der Waals surface area contributed by atoms with Gasteiger partial charge < -0.3 is 10.1 Å². The predicted molar refractivity (Wildman–Crippen MR) is 68.2 cm³/mol. The van der Waals surface area contributed by atoms with Crippen molar-refractivity contribution < 1.29 is 4.74 Å². The normalized spacial score (nSPS) is 15.8. The summed E-state index contributed by atoms with van der Waals surface area (Å²) in [6, 6.07) is 6.04. The molecule has 16 heavy (non-hydrogen) atoms. The van der Waals surface area contributed by atoms with E-state index in [0.29, 0.717) is 0 Å². The van der Waals surface area contributed by atoms with Crippen LogP contribution in [0.2, 0.25) is 5.02 Å². The Labute approximate surface area is 101 Å². The van der Waals surface area contributed by atoms with E-state index in [1.54, 1.807) is 0 Å². The number of aryl methyl sites for hydroxylation is 1. The molecule has 2 nitrogen and oxygen atoms in total. The molecule has 0 saturated heterocycles. The summed E-state index contributed by atoms with van der Waals surface area (Å²) in [5, 5.41) is 4.10. The summed E-state index contributed by atoms with van der Waals surface area (Å²) >= 11 is 6.13. The molecule has 0 bridgehead atoms. The van der Waals surface area contributed by atoms with Crippen molar-refractivity contribution in [2.75, 3.05) is 25.1 Å². The molecule has 0 aliphatic carbocycles. The van der Waals surface area contributed by atoms with Crippen LogP contribution < -0.4 is 5.32 Å². The number of hydrogen-bond acceptors (Lipinski definition) is 2. The molecule has 0 unspecified atom stereocenters. The Morgan fingerprint density at radius 3 is 3.00 bits per heavy atom. The monoisotopic (exact) mass is 237 g/mol. The standard InChI is InChI=1S/C13H16ClNO/c1-10-4-5-13(12(14)7-10)15-8-11-3-2-6-16-9-11/h3-5,7,15H,2,6,8-9H2,1H3. The summed E-state index contributed by atoms with van der Waals surface area (Å²) in [5.74, 6) is 0. The first-order valence-electron chi connectivity index (χ1n) is 5.51. The van der Waals surface area contributed by atoms with Gasteiger partial charge in [-0.2, -0.15) is 0 Å². The van der Waals surface area contributed by atoms with Crippen molar-refractivity contribution in [1.82, 2.24) is 0 Å². The Morgan fingerprint density at radius 2 is 2.31 bits per heavy atom.